The van der Waals surface area contributed by atoms with Crippen LogP contribution in [0.1, 0.15) is 0 Å². The van der Waals surface area contributed by atoms with Crippen molar-refractivity contribution < 1.29 is 4.39 Å². The lowest BCUT2D eigenvalue weighted by atomic mass is 10.2. The van der Waals surface area contributed by atoms with Gasteiger partial charge in [0.15, 0.2) is 0 Å². The monoisotopic (exact) mass is 212 g/mol. The van der Waals surface area contributed by atoms with Crippen molar-refractivity contribution in [2.75, 3.05) is 0 Å². The van der Waals surface area contributed by atoms with E-state index in [9.17, 15) is 4.39 Å². The van der Waals surface area contributed by atoms with Gasteiger partial charge in [-0.1, -0.05) is 30.3 Å². The van der Waals surface area contributed by atoms with E-state index in [1.165, 1.54) is 12.1 Å². The summed E-state index contributed by atoms with van der Waals surface area (Å²) in [7, 11) is 0. The molecule has 0 aliphatic carbocycles. The predicted molar refractivity (Wildman–Crippen MR) is 61.5 cm³/mol. The number of imidazole rings is 1. The minimum absolute atomic E-state index is 0.254. The van der Waals surface area contributed by atoms with Gasteiger partial charge >= 0.3 is 0 Å². The molecule has 0 saturated heterocycles. The first-order chi connectivity index (χ1) is 7.83. The second-order valence-corrected chi connectivity index (χ2v) is 3.61. The van der Waals surface area contributed by atoms with E-state index in [0.717, 1.165) is 22.4 Å². The quantitative estimate of drug-likeness (QED) is 0.658. The maximum absolute atomic E-state index is 13.0. The van der Waals surface area contributed by atoms with Crippen LogP contribution in [0.5, 0.6) is 0 Å². The third-order valence-electron chi connectivity index (χ3n) is 2.49. The minimum Gasteiger partial charge on any atom is -0.338 e. The lowest BCUT2D eigenvalue weighted by Gasteiger charge is -1.93. The molecule has 0 fully saturated rings. The summed E-state index contributed by atoms with van der Waals surface area (Å²) in [6, 6.07) is 14.3. The molecule has 0 aliphatic heterocycles. The molecular formula is C13H9FN2. The van der Waals surface area contributed by atoms with Gasteiger partial charge in [0.05, 0.1) is 11.0 Å². The molecule has 0 spiro atoms. The Hall–Kier alpha value is -2.16. The summed E-state index contributed by atoms with van der Waals surface area (Å²) in [5.74, 6) is 0.511. The molecule has 0 radical (unpaired) electrons. The lowest BCUT2D eigenvalue weighted by molar-refractivity contribution is 0.629. The van der Waals surface area contributed by atoms with Gasteiger partial charge in [-0.25, -0.2) is 9.37 Å². The average molecular weight is 212 g/mol. The van der Waals surface area contributed by atoms with Gasteiger partial charge in [0, 0.05) is 5.56 Å². The lowest BCUT2D eigenvalue weighted by Crippen LogP contribution is -1.77. The summed E-state index contributed by atoms with van der Waals surface area (Å²) in [6.45, 7) is 0. The molecule has 1 aromatic heterocycles. The van der Waals surface area contributed by atoms with Crippen LogP contribution in [0.15, 0.2) is 48.5 Å². The van der Waals surface area contributed by atoms with Crippen LogP contribution in [-0.4, -0.2) is 9.97 Å². The summed E-state index contributed by atoms with van der Waals surface area (Å²) in [4.78, 5) is 7.50. The Labute approximate surface area is 91.8 Å². The number of nitrogens with one attached hydrogen (secondary N) is 1. The Morgan fingerprint density at radius 1 is 1.00 bits per heavy atom. The maximum Gasteiger partial charge on any atom is 0.138 e. The fourth-order valence-electron chi connectivity index (χ4n) is 1.71. The van der Waals surface area contributed by atoms with Gasteiger partial charge in [-0.15, -0.1) is 0 Å². The minimum atomic E-state index is -0.254. The number of rotatable bonds is 1. The number of nitrogens with zero attached hydrogens (tertiary/aromatic N) is 1. The number of aromatic amines is 1. The first kappa shape index (κ1) is 9.09. The molecule has 0 bridgehead atoms. The van der Waals surface area contributed by atoms with E-state index in [2.05, 4.69) is 9.97 Å². The van der Waals surface area contributed by atoms with Crippen molar-refractivity contribution >= 4 is 11.0 Å². The summed E-state index contributed by atoms with van der Waals surface area (Å²) in [5.41, 5.74) is 2.50. The fraction of sp³-hybridized carbons (Fsp3) is 0. The molecule has 16 heavy (non-hydrogen) atoms. The molecule has 3 aromatic rings. The zero-order valence-corrected chi connectivity index (χ0v) is 8.44. The first-order valence-corrected chi connectivity index (χ1v) is 5.03. The molecule has 0 aliphatic rings. The third kappa shape index (κ3) is 1.46. The molecule has 0 saturated carbocycles. The van der Waals surface area contributed by atoms with E-state index in [4.69, 9.17) is 0 Å². The Balaban J connectivity index is 2.19. The molecule has 2 aromatic carbocycles. The summed E-state index contributed by atoms with van der Waals surface area (Å²) in [5, 5.41) is 0. The van der Waals surface area contributed by atoms with Crippen LogP contribution in [0.3, 0.4) is 0 Å². The number of aromatic nitrogens is 2. The van der Waals surface area contributed by atoms with E-state index in [1.807, 2.05) is 30.3 Å². The topological polar surface area (TPSA) is 28.7 Å². The fourth-order valence-corrected chi connectivity index (χ4v) is 1.71. The second kappa shape index (κ2) is 3.45. The number of hydrogen-bond acceptors (Lipinski definition) is 1. The van der Waals surface area contributed by atoms with E-state index in [-0.39, 0.29) is 5.82 Å². The number of H-pyrrole nitrogens is 1. The van der Waals surface area contributed by atoms with Crippen LogP contribution in [-0.2, 0) is 0 Å². The molecule has 0 amide bonds. The van der Waals surface area contributed by atoms with E-state index in [1.54, 1.807) is 6.07 Å². The maximum atomic E-state index is 13.0. The van der Waals surface area contributed by atoms with Gasteiger partial charge in [0.25, 0.3) is 0 Å². The van der Waals surface area contributed by atoms with Crippen molar-refractivity contribution in [1.29, 1.82) is 0 Å². The van der Waals surface area contributed by atoms with Crippen molar-refractivity contribution in [3.05, 3.63) is 54.3 Å². The summed E-state index contributed by atoms with van der Waals surface area (Å²) < 4.78 is 13.0. The number of hydrogen-bond donors (Lipinski definition) is 1. The first-order valence-electron chi connectivity index (χ1n) is 5.03. The normalized spacial score (nSPS) is 10.8. The molecule has 3 heteroatoms. The van der Waals surface area contributed by atoms with Crippen LogP contribution in [0.4, 0.5) is 4.39 Å². The molecule has 0 atom stereocenters. The predicted octanol–water partition coefficient (Wildman–Crippen LogP) is 3.37. The van der Waals surface area contributed by atoms with Crippen LogP contribution in [0, 0.1) is 5.82 Å². The Morgan fingerprint density at radius 2 is 1.81 bits per heavy atom. The highest BCUT2D eigenvalue weighted by molar-refractivity contribution is 5.79. The SMILES string of the molecule is Fc1ccc2nc(-c3ccccc3)[nH]c2c1. The highest BCUT2D eigenvalue weighted by Gasteiger charge is 2.04. The molecule has 1 heterocycles. The van der Waals surface area contributed by atoms with Gasteiger partial charge in [0.1, 0.15) is 11.6 Å². The van der Waals surface area contributed by atoms with Crippen LogP contribution in [0.25, 0.3) is 22.4 Å². The average Bonchev–Trinajstić information content (AvgIpc) is 2.73. The van der Waals surface area contributed by atoms with Gasteiger partial charge in [-0.05, 0) is 18.2 Å². The van der Waals surface area contributed by atoms with Crippen molar-refractivity contribution in [1.82, 2.24) is 9.97 Å². The van der Waals surface area contributed by atoms with Crippen LogP contribution < -0.4 is 0 Å². The van der Waals surface area contributed by atoms with Crippen LogP contribution in [0.2, 0.25) is 0 Å². The number of benzene rings is 2. The van der Waals surface area contributed by atoms with Gasteiger partial charge < -0.3 is 4.98 Å². The van der Waals surface area contributed by atoms with E-state index < -0.39 is 0 Å². The van der Waals surface area contributed by atoms with Gasteiger partial charge in [0.2, 0.25) is 0 Å². The van der Waals surface area contributed by atoms with Crippen molar-refractivity contribution in [3.8, 4) is 11.4 Å². The zero-order chi connectivity index (χ0) is 11.0. The highest BCUT2D eigenvalue weighted by Crippen LogP contribution is 2.20. The highest BCUT2D eigenvalue weighted by atomic mass is 19.1. The molecule has 1 N–H and O–H groups in total. The molecule has 78 valence electrons. The molecule has 2 nitrogen and oxygen atoms in total. The van der Waals surface area contributed by atoms with Crippen molar-refractivity contribution in [2.45, 2.75) is 0 Å². The standard InChI is InChI=1S/C13H9FN2/c14-10-6-7-11-12(8-10)16-13(15-11)9-4-2-1-3-5-9/h1-8H,(H,15,16). The molecule has 3 rings (SSSR count). The van der Waals surface area contributed by atoms with Crippen molar-refractivity contribution in [2.24, 2.45) is 0 Å². The number of halogens is 1. The van der Waals surface area contributed by atoms with E-state index in [0.29, 0.717) is 0 Å². The van der Waals surface area contributed by atoms with Crippen LogP contribution >= 0.6 is 0 Å². The molecule has 0 unspecified atom stereocenters. The smallest absolute Gasteiger partial charge is 0.138 e. The Bertz CT molecular complexity index is 629. The number of fused-ring (bicyclic) bond motifs is 1. The molecular weight excluding hydrogens is 203 g/mol. The second-order valence-electron chi connectivity index (χ2n) is 3.61. The largest absolute Gasteiger partial charge is 0.338 e. The summed E-state index contributed by atoms with van der Waals surface area (Å²) >= 11 is 0. The third-order valence-corrected chi connectivity index (χ3v) is 2.49. The Morgan fingerprint density at radius 3 is 2.62 bits per heavy atom. The van der Waals surface area contributed by atoms with Gasteiger partial charge in [-0.2, -0.15) is 0 Å². The van der Waals surface area contributed by atoms with Crippen molar-refractivity contribution in [3.63, 3.8) is 0 Å². The zero-order valence-electron chi connectivity index (χ0n) is 8.44. The van der Waals surface area contributed by atoms with Gasteiger partial charge in [-0.3, -0.25) is 0 Å². The Kier molecular flexibility index (Phi) is 1.96. The van der Waals surface area contributed by atoms with E-state index >= 15 is 0 Å². The summed E-state index contributed by atoms with van der Waals surface area (Å²) in [6.07, 6.45) is 0.